The van der Waals surface area contributed by atoms with Crippen molar-refractivity contribution < 1.29 is 4.79 Å². The lowest BCUT2D eigenvalue weighted by Gasteiger charge is -2.27. The quantitative estimate of drug-likeness (QED) is 0.828. The van der Waals surface area contributed by atoms with E-state index in [1.165, 1.54) is 5.56 Å². The first-order valence-electron chi connectivity index (χ1n) is 7.41. The maximum atomic E-state index is 12.7. The monoisotopic (exact) mass is 338 g/mol. The van der Waals surface area contributed by atoms with E-state index in [0.717, 1.165) is 30.2 Å². The molecule has 1 aliphatic rings. The largest absolute Gasteiger partial charge is 0.335 e. The van der Waals surface area contributed by atoms with E-state index in [2.05, 4.69) is 28.9 Å². The van der Waals surface area contributed by atoms with Gasteiger partial charge in [-0.2, -0.15) is 0 Å². The highest BCUT2D eigenvalue weighted by molar-refractivity contribution is 9.10. The Morgan fingerprint density at radius 3 is 2.70 bits per heavy atom. The van der Waals surface area contributed by atoms with Crippen LogP contribution in [-0.4, -0.2) is 23.4 Å². The maximum Gasteiger partial charge on any atom is 0.227 e. The number of amides is 1. The summed E-state index contributed by atoms with van der Waals surface area (Å²) in [5, 5.41) is 0. The van der Waals surface area contributed by atoms with E-state index in [9.17, 15) is 4.79 Å². The SMILES string of the molecule is CCCC(CN)C(=O)N(Cc1ccccc1Br)C1CC1. The highest BCUT2D eigenvalue weighted by Crippen LogP contribution is 2.31. The number of hydrogen-bond acceptors (Lipinski definition) is 2. The molecular formula is C16H23BrN2O. The van der Waals surface area contributed by atoms with Gasteiger partial charge in [-0.3, -0.25) is 4.79 Å². The second-order valence-electron chi connectivity index (χ2n) is 5.51. The Bertz CT molecular complexity index is 460. The van der Waals surface area contributed by atoms with E-state index >= 15 is 0 Å². The summed E-state index contributed by atoms with van der Waals surface area (Å²) in [7, 11) is 0. The molecule has 1 amide bonds. The van der Waals surface area contributed by atoms with E-state index in [1.54, 1.807) is 0 Å². The summed E-state index contributed by atoms with van der Waals surface area (Å²) in [6, 6.07) is 8.53. The van der Waals surface area contributed by atoms with Gasteiger partial charge in [0.1, 0.15) is 0 Å². The van der Waals surface area contributed by atoms with E-state index < -0.39 is 0 Å². The van der Waals surface area contributed by atoms with Crippen LogP contribution < -0.4 is 5.73 Å². The predicted molar refractivity (Wildman–Crippen MR) is 85.2 cm³/mol. The Balaban J connectivity index is 2.11. The van der Waals surface area contributed by atoms with Gasteiger partial charge in [0.2, 0.25) is 5.91 Å². The lowest BCUT2D eigenvalue weighted by molar-refractivity contribution is -0.136. The van der Waals surface area contributed by atoms with E-state index in [0.29, 0.717) is 19.1 Å². The molecule has 2 N–H and O–H groups in total. The molecular weight excluding hydrogens is 316 g/mol. The maximum absolute atomic E-state index is 12.7. The summed E-state index contributed by atoms with van der Waals surface area (Å²) in [5.41, 5.74) is 6.95. The molecule has 110 valence electrons. The topological polar surface area (TPSA) is 46.3 Å². The number of halogens is 1. The Kier molecular flexibility index (Phi) is 5.61. The van der Waals surface area contributed by atoms with Gasteiger partial charge in [-0.1, -0.05) is 47.5 Å². The summed E-state index contributed by atoms with van der Waals surface area (Å²) in [6.07, 6.45) is 4.13. The third-order valence-corrected chi connectivity index (χ3v) is 4.61. The van der Waals surface area contributed by atoms with Crippen LogP contribution in [0.3, 0.4) is 0 Å². The third kappa shape index (κ3) is 3.83. The Hall–Kier alpha value is -0.870. The molecule has 1 atom stereocenters. The van der Waals surface area contributed by atoms with Gasteiger partial charge < -0.3 is 10.6 Å². The van der Waals surface area contributed by atoms with E-state index in [1.807, 2.05) is 23.1 Å². The first-order valence-corrected chi connectivity index (χ1v) is 8.20. The van der Waals surface area contributed by atoms with Crippen LogP contribution in [0.5, 0.6) is 0 Å². The van der Waals surface area contributed by atoms with Gasteiger partial charge in [0, 0.05) is 23.6 Å². The van der Waals surface area contributed by atoms with E-state index in [4.69, 9.17) is 5.73 Å². The van der Waals surface area contributed by atoms with Crippen LogP contribution in [0.1, 0.15) is 38.2 Å². The fourth-order valence-corrected chi connectivity index (χ4v) is 2.92. The van der Waals surface area contributed by atoms with Crippen LogP contribution in [0.15, 0.2) is 28.7 Å². The molecule has 0 radical (unpaired) electrons. The minimum atomic E-state index is -0.0249. The first-order chi connectivity index (χ1) is 9.67. The summed E-state index contributed by atoms with van der Waals surface area (Å²) in [5.74, 6) is 0.204. The van der Waals surface area contributed by atoms with Gasteiger partial charge in [-0.25, -0.2) is 0 Å². The van der Waals surface area contributed by atoms with Gasteiger partial charge in [-0.05, 0) is 30.9 Å². The summed E-state index contributed by atoms with van der Waals surface area (Å²) < 4.78 is 1.07. The van der Waals surface area contributed by atoms with Crippen LogP contribution >= 0.6 is 15.9 Å². The molecule has 0 saturated heterocycles. The molecule has 0 aliphatic heterocycles. The molecule has 0 bridgehead atoms. The van der Waals surface area contributed by atoms with Gasteiger partial charge in [0.05, 0.1) is 5.92 Å². The Morgan fingerprint density at radius 2 is 2.15 bits per heavy atom. The summed E-state index contributed by atoms with van der Waals surface area (Å²) >= 11 is 3.57. The zero-order chi connectivity index (χ0) is 14.5. The van der Waals surface area contributed by atoms with Gasteiger partial charge >= 0.3 is 0 Å². The first kappa shape index (κ1) is 15.5. The molecule has 1 fully saturated rings. The van der Waals surface area contributed by atoms with Crippen molar-refractivity contribution >= 4 is 21.8 Å². The van der Waals surface area contributed by atoms with Gasteiger partial charge in [0.15, 0.2) is 0 Å². The summed E-state index contributed by atoms with van der Waals surface area (Å²) in [6.45, 7) is 3.24. The molecule has 4 heteroatoms. The molecule has 1 aliphatic carbocycles. The van der Waals surface area contributed by atoms with Crippen molar-refractivity contribution in [2.45, 2.75) is 45.2 Å². The lowest BCUT2D eigenvalue weighted by Crippen LogP contribution is -2.40. The number of nitrogens with zero attached hydrogens (tertiary/aromatic N) is 1. The van der Waals surface area contributed by atoms with E-state index in [-0.39, 0.29) is 11.8 Å². The lowest BCUT2D eigenvalue weighted by atomic mass is 10.0. The van der Waals surface area contributed by atoms with Crippen LogP contribution in [0.25, 0.3) is 0 Å². The van der Waals surface area contributed by atoms with Gasteiger partial charge in [-0.15, -0.1) is 0 Å². The molecule has 0 heterocycles. The number of hydrogen-bond donors (Lipinski definition) is 1. The number of carbonyl (C=O) groups excluding carboxylic acids is 1. The fourth-order valence-electron chi connectivity index (χ4n) is 2.51. The number of benzene rings is 1. The zero-order valence-electron chi connectivity index (χ0n) is 12.0. The van der Waals surface area contributed by atoms with Crippen molar-refractivity contribution in [2.75, 3.05) is 6.54 Å². The normalized spacial score (nSPS) is 15.9. The van der Waals surface area contributed by atoms with Crippen molar-refractivity contribution in [1.29, 1.82) is 0 Å². The molecule has 20 heavy (non-hydrogen) atoms. The predicted octanol–water partition coefficient (Wildman–Crippen LogP) is 3.32. The standard InChI is InChI=1S/C16H23BrN2O/c1-2-5-12(10-18)16(20)19(14-8-9-14)11-13-6-3-4-7-15(13)17/h3-4,6-7,12,14H,2,5,8-11,18H2,1H3. The highest BCUT2D eigenvalue weighted by atomic mass is 79.9. The third-order valence-electron chi connectivity index (χ3n) is 3.84. The molecule has 2 rings (SSSR count). The minimum absolute atomic E-state index is 0.0249. The van der Waals surface area contributed by atoms with Gasteiger partial charge in [0.25, 0.3) is 0 Å². The Morgan fingerprint density at radius 1 is 1.45 bits per heavy atom. The average Bonchev–Trinajstić information content (AvgIpc) is 3.27. The van der Waals surface area contributed by atoms with Crippen LogP contribution in [0, 0.1) is 5.92 Å². The van der Waals surface area contributed by atoms with Crippen molar-refractivity contribution in [3.8, 4) is 0 Å². The van der Waals surface area contributed by atoms with Crippen LogP contribution in [0.4, 0.5) is 0 Å². The van der Waals surface area contributed by atoms with Crippen LogP contribution in [0.2, 0.25) is 0 Å². The highest BCUT2D eigenvalue weighted by Gasteiger charge is 2.35. The molecule has 1 aromatic rings. The average molecular weight is 339 g/mol. The smallest absolute Gasteiger partial charge is 0.227 e. The second kappa shape index (κ2) is 7.23. The molecule has 0 aromatic heterocycles. The zero-order valence-corrected chi connectivity index (χ0v) is 13.6. The number of nitrogens with two attached hydrogens (primary N) is 1. The second-order valence-corrected chi connectivity index (χ2v) is 6.36. The molecule has 1 unspecified atom stereocenters. The Labute approximate surface area is 129 Å². The minimum Gasteiger partial charge on any atom is -0.335 e. The molecule has 0 spiro atoms. The van der Waals surface area contributed by atoms with Crippen molar-refractivity contribution in [3.63, 3.8) is 0 Å². The van der Waals surface area contributed by atoms with Crippen molar-refractivity contribution in [1.82, 2.24) is 4.90 Å². The van der Waals surface area contributed by atoms with Crippen molar-refractivity contribution in [3.05, 3.63) is 34.3 Å². The molecule has 1 aromatic carbocycles. The molecule has 1 saturated carbocycles. The van der Waals surface area contributed by atoms with Crippen LogP contribution in [-0.2, 0) is 11.3 Å². The van der Waals surface area contributed by atoms with Crippen molar-refractivity contribution in [2.24, 2.45) is 11.7 Å². The summed E-state index contributed by atoms with van der Waals surface area (Å²) in [4.78, 5) is 14.7. The molecule has 3 nitrogen and oxygen atoms in total. The number of carbonyl (C=O) groups is 1. The number of rotatable bonds is 7. The fraction of sp³-hybridized carbons (Fsp3) is 0.562.